The lowest BCUT2D eigenvalue weighted by Gasteiger charge is -2.15. The summed E-state index contributed by atoms with van der Waals surface area (Å²) in [7, 11) is 1.90. The summed E-state index contributed by atoms with van der Waals surface area (Å²) in [6.45, 7) is 0. The van der Waals surface area contributed by atoms with Gasteiger partial charge in [-0.15, -0.1) is 0 Å². The summed E-state index contributed by atoms with van der Waals surface area (Å²) in [5.41, 5.74) is 0.394. The SMILES string of the molecule is [B]c1cc(F)cc(Oc2ccc(S(C)(=O)=O)c3c2C[C@@H](F)[C@H]3O)c1. The minimum atomic E-state index is -3.65. The molecule has 0 amide bonds. The number of ether oxygens (including phenoxy) is 1. The third-order valence-electron chi connectivity index (χ3n) is 3.83. The summed E-state index contributed by atoms with van der Waals surface area (Å²) in [6.07, 6.45) is -2.40. The van der Waals surface area contributed by atoms with Gasteiger partial charge in [0.05, 0.1) is 4.90 Å². The van der Waals surface area contributed by atoms with Crippen LogP contribution >= 0.6 is 0 Å². The molecule has 0 bridgehead atoms. The maximum atomic E-state index is 13.9. The van der Waals surface area contributed by atoms with E-state index < -0.39 is 27.9 Å². The predicted molar refractivity (Wildman–Crippen MR) is 85.0 cm³/mol. The monoisotopic (exact) mass is 350 g/mol. The minimum absolute atomic E-state index is 0.00752. The number of rotatable bonds is 3. The maximum absolute atomic E-state index is 13.9. The van der Waals surface area contributed by atoms with Gasteiger partial charge < -0.3 is 9.84 Å². The molecule has 0 saturated heterocycles. The lowest BCUT2D eigenvalue weighted by Crippen LogP contribution is -2.10. The summed E-state index contributed by atoms with van der Waals surface area (Å²) in [5, 5.41) is 10.00. The maximum Gasteiger partial charge on any atom is 0.175 e. The summed E-state index contributed by atoms with van der Waals surface area (Å²) < 4.78 is 56.6. The highest BCUT2D eigenvalue weighted by atomic mass is 32.2. The van der Waals surface area contributed by atoms with E-state index in [1.807, 2.05) is 0 Å². The highest BCUT2D eigenvalue weighted by Gasteiger charge is 2.37. The zero-order chi connectivity index (χ0) is 17.6. The van der Waals surface area contributed by atoms with Gasteiger partial charge in [-0.1, -0.05) is 5.46 Å². The first-order valence-electron chi connectivity index (χ1n) is 7.08. The Morgan fingerprint density at radius 1 is 1.29 bits per heavy atom. The van der Waals surface area contributed by atoms with Crippen LogP contribution in [0.5, 0.6) is 11.5 Å². The van der Waals surface area contributed by atoms with Crippen LogP contribution in [-0.2, 0) is 16.3 Å². The Bertz CT molecular complexity index is 894. The van der Waals surface area contributed by atoms with Gasteiger partial charge in [0.2, 0.25) is 0 Å². The van der Waals surface area contributed by atoms with Gasteiger partial charge in [0.25, 0.3) is 0 Å². The van der Waals surface area contributed by atoms with E-state index in [1.165, 1.54) is 18.2 Å². The number of halogens is 2. The molecule has 1 aliphatic rings. The first-order chi connectivity index (χ1) is 11.2. The molecule has 0 aromatic heterocycles. The van der Waals surface area contributed by atoms with E-state index in [9.17, 15) is 22.3 Å². The Labute approximate surface area is 139 Å². The number of alkyl halides is 1. The van der Waals surface area contributed by atoms with E-state index in [-0.39, 0.29) is 39.4 Å². The van der Waals surface area contributed by atoms with Crippen molar-refractivity contribution in [3.05, 3.63) is 47.3 Å². The molecule has 0 heterocycles. The van der Waals surface area contributed by atoms with Crippen molar-refractivity contribution in [2.45, 2.75) is 23.6 Å². The fourth-order valence-electron chi connectivity index (χ4n) is 2.83. The van der Waals surface area contributed by atoms with Crippen molar-refractivity contribution >= 4 is 23.1 Å². The molecule has 1 aliphatic carbocycles. The van der Waals surface area contributed by atoms with Crippen molar-refractivity contribution in [2.24, 2.45) is 0 Å². The minimum Gasteiger partial charge on any atom is -0.457 e. The van der Waals surface area contributed by atoms with Crippen LogP contribution in [-0.4, -0.2) is 33.8 Å². The smallest absolute Gasteiger partial charge is 0.175 e. The molecule has 2 atom stereocenters. The van der Waals surface area contributed by atoms with E-state index in [0.29, 0.717) is 0 Å². The molecular weight excluding hydrogens is 337 g/mol. The second-order valence-corrected chi connectivity index (χ2v) is 7.70. The zero-order valence-electron chi connectivity index (χ0n) is 12.7. The second kappa shape index (κ2) is 5.86. The van der Waals surface area contributed by atoms with Crippen LogP contribution in [0.4, 0.5) is 8.78 Å². The number of benzene rings is 2. The fourth-order valence-corrected chi connectivity index (χ4v) is 3.79. The van der Waals surface area contributed by atoms with Gasteiger partial charge in [0.15, 0.2) is 9.84 Å². The van der Waals surface area contributed by atoms with Gasteiger partial charge in [-0.2, -0.15) is 0 Å². The van der Waals surface area contributed by atoms with Crippen molar-refractivity contribution in [1.82, 2.24) is 0 Å². The van der Waals surface area contributed by atoms with Crippen molar-refractivity contribution in [3.63, 3.8) is 0 Å². The van der Waals surface area contributed by atoms with Gasteiger partial charge in [-0.3, -0.25) is 0 Å². The van der Waals surface area contributed by atoms with Crippen LogP contribution in [0, 0.1) is 5.82 Å². The lowest BCUT2D eigenvalue weighted by molar-refractivity contribution is 0.0907. The molecular formula is C16H13BF2O4S. The Morgan fingerprint density at radius 3 is 2.62 bits per heavy atom. The Kier molecular flexibility index (Phi) is 4.13. The van der Waals surface area contributed by atoms with Crippen LogP contribution < -0.4 is 10.2 Å². The molecule has 2 aromatic carbocycles. The third-order valence-corrected chi connectivity index (χ3v) is 4.99. The quantitative estimate of drug-likeness (QED) is 0.857. The number of aliphatic hydroxyl groups is 1. The number of sulfone groups is 1. The first-order valence-corrected chi connectivity index (χ1v) is 8.98. The van der Waals surface area contributed by atoms with Gasteiger partial charge in [0.1, 0.15) is 37.4 Å². The molecule has 0 aliphatic heterocycles. The van der Waals surface area contributed by atoms with E-state index in [0.717, 1.165) is 18.4 Å². The molecule has 0 fully saturated rings. The average Bonchev–Trinajstić information content (AvgIpc) is 2.74. The molecule has 0 unspecified atom stereocenters. The van der Waals surface area contributed by atoms with Crippen LogP contribution in [0.15, 0.2) is 35.2 Å². The molecule has 124 valence electrons. The number of aliphatic hydroxyl groups excluding tert-OH is 1. The van der Waals surface area contributed by atoms with E-state index in [4.69, 9.17) is 12.6 Å². The molecule has 8 heteroatoms. The van der Waals surface area contributed by atoms with Crippen LogP contribution in [0.1, 0.15) is 17.2 Å². The van der Waals surface area contributed by atoms with E-state index in [2.05, 4.69) is 0 Å². The summed E-state index contributed by atoms with van der Waals surface area (Å²) >= 11 is 0. The predicted octanol–water partition coefficient (Wildman–Crippen LogP) is 1.74. The molecule has 0 spiro atoms. The van der Waals surface area contributed by atoms with Gasteiger partial charge >= 0.3 is 0 Å². The molecule has 24 heavy (non-hydrogen) atoms. The first kappa shape index (κ1) is 16.9. The molecule has 2 aromatic rings. The average molecular weight is 350 g/mol. The largest absolute Gasteiger partial charge is 0.457 e. The Hall–Kier alpha value is -1.93. The normalized spacial score (nSPS) is 20.0. The standard InChI is InChI=1S/C16H13BF2O4S/c1-24(21,22)14-3-2-13(11-7-12(19)16(20)15(11)14)23-10-5-8(17)4-9(18)6-10/h2-6,12,16,20H,7H2,1H3/t12-,16-/m1/s1. The zero-order valence-corrected chi connectivity index (χ0v) is 13.5. The molecule has 2 radical (unpaired) electrons. The van der Waals surface area contributed by atoms with E-state index >= 15 is 0 Å². The second-order valence-electron chi connectivity index (χ2n) is 5.71. The van der Waals surface area contributed by atoms with Gasteiger partial charge in [0, 0.05) is 29.9 Å². The van der Waals surface area contributed by atoms with Gasteiger partial charge in [-0.05, 0) is 24.3 Å². The van der Waals surface area contributed by atoms with Crippen molar-refractivity contribution in [3.8, 4) is 11.5 Å². The molecule has 1 N–H and O–H groups in total. The highest BCUT2D eigenvalue weighted by Crippen LogP contribution is 2.43. The summed E-state index contributed by atoms with van der Waals surface area (Å²) in [6, 6.07) is 6.21. The van der Waals surface area contributed by atoms with Crippen molar-refractivity contribution in [1.29, 1.82) is 0 Å². The van der Waals surface area contributed by atoms with Crippen LogP contribution in [0.25, 0.3) is 0 Å². The third kappa shape index (κ3) is 3.03. The number of fused-ring (bicyclic) bond motifs is 1. The van der Waals surface area contributed by atoms with Crippen molar-refractivity contribution < 1.29 is 27.0 Å². The van der Waals surface area contributed by atoms with E-state index in [1.54, 1.807) is 0 Å². The van der Waals surface area contributed by atoms with Crippen LogP contribution in [0.3, 0.4) is 0 Å². The molecule has 3 rings (SSSR count). The molecule has 0 saturated carbocycles. The summed E-state index contributed by atoms with van der Waals surface area (Å²) in [5.74, 6) is -0.349. The Balaban J connectivity index is 2.11. The highest BCUT2D eigenvalue weighted by molar-refractivity contribution is 7.90. The van der Waals surface area contributed by atoms with Gasteiger partial charge in [-0.25, -0.2) is 17.2 Å². The topological polar surface area (TPSA) is 63.6 Å². The lowest BCUT2D eigenvalue weighted by atomic mass is 9.96. The summed E-state index contributed by atoms with van der Waals surface area (Å²) in [4.78, 5) is -0.142. The fraction of sp³-hybridized carbons (Fsp3) is 0.250. The van der Waals surface area contributed by atoms with Crippen molar-refractivity contribution in [2.75, 3.05) is 6.26 Å². The molecule has 4 nitrogen and oxygen atoms in total. The number of hydrogen-bond acceptors (Lipinski definition) is 4. The van der Waals surface area contributed by atoms with Crippen LogP contribution in [0.2, 0.25) is 0 Å². The number of hydrogen-bond donors (Lipinski definition) is 1. The Morgan fingerprint density at radius 2 is 2.00 bits per heavy atom.